The normalized spacial score (nSPS) is 12.9. The maximum absolute atomic E-state index is 4.52. The standard InChI is InChI=1S/C12H16N2S2/c1-3-13-12(10-4-5-15-7-10)6-11-8-16-9(2)14-11/h4-5,7-8,12-13H,3,6H2,1-2H3. The summed E-state index contributed by atoms with van der Waals surface area (Å²) in [5.41, 5.74) is 2.57. The van der Waals surface area contributed by atoms with E-state index in [1.807, 2.05) is 0 Å². The Kier molecular flexibility index (Phi) is 4.09. The number of likely N-dealkylation sites (N-methyl/N-ethyl adjacent to an activating group) is 1. The van der Waals surface area contributed by atoms with Gasteiger partial charge in [0.05, 0.1) is 10.7 Å². The lowest BCUT2D eigenvalue weighted by Crippen LogP contribution is -2.22. The van der Waals surface area contributed by atoms with Gasteiger partial charge in [-0.1, -0.05) is 6.92 Å². The molecule has 0 bridgehead atoms. The Morgan fingerprint density at radius 2 is 2.31 bits per heavy atom. The van der Waals surface area contributed by atoms with Crippen LogP contribution in [0, 0.1) is 6.92 Å². The van der Waals surface area contributed by atoms with Crippen LogP contribution in [0.2, 0.25) is 0 Å². The van der Waals surface area contributed by atoms with Gasteiger partial charge >= 0.3 is 0 Å². The molecule has 86 valence electrons. The molecule has 1 unspecified atom stereocenters. The summed E-state index contributed by atoms with van der Waals surface area (Å²) < 4.78 is 0. The average Bonchev–Trinajstić information content (AvgIpc) is 2.88. The molecule has 0 amide bonds. The first-order valence-corrected chi connectivity index (χ1v) is 7.28. The van der Waals surface area contributed by atoms with Gasteiger partial charge < -0.3 is 5.32 Å². The molecule has 2 heterocycles. The zero-order valence-electron chi connectivity index (χ0n) is 9.56. The molecule has 0 fully saturated rings. The van der Waals surface area contributed by atoms with Gasteiger partial charge in [-0.2, -0.15) is 11.3 Å². The highest BCUT2D eigenvalue weighted by Gasteiger charge is 2.12. The van der Waals surface area contributed by atoms with Crippen LogP contribution in [0.4, 0.5) is 0 Å². The Hall–Kier alpha value is -0.710. The second-order valence-corrected chi connectivity index (χ2v) is 5.57. The van der Waals surface area contributed by atoms with Crippen LogP contribution < -0.4 is 5.32 Å². The predicted molar refractivity (Wildman–Crippen MR) is 71.3 cm³/mol. The maximum Gasteiger partial charge on any atom is 0.0897 e. The van der Waals surface area contributed by atoms with E-state index < -0.39 is 0 Å². The lowest BCUT2D eigenvalue weighted by molar-refractivity contribution is 0.546. The van der Waals surface area contributed by atoms with Gasteiger partial charge in [0.15, 0.2) is 0 Å². The molecule has 16 heavy (non-hydrogen) atoms. The third kappa shape index (κ3) is 2.90. The number of aryl methyl sites for hydroxylation is 1. The average molecular weight is 252 g/mol. The van der Waals surface area contributed by atoms with Crippen molar-refractivity contribution in [1.82, 2.24) is 10.3 Å². The predicted octanol–water partition coefficient (Wildman–Crippen LogP) is 3.41. The molecule has 2 aromatic rings. The fourth-order valence-corrected chi connectivity index (χ4v) is 3.08. The van der Waals surface area contributed by atoms with E-state index in [0.717, 1.165) is 18.0 Å². The highest BCUT2D eigenvalue weighted by atomic mass is 32.1. The van der Waals surface area contributed by atoms with Crippen LogP contribution >= 0.6 is 22.7 Å². The van der Waals surface area contributed by atoms with E-state index in [9.17, 15) is 0 Å². The summed E-state index contributed by atoms with van der Waals surface area (Å²) in [5, 5.41) is 11.2. The van der Waals surface area contributed by atoms with Crippen molar-refractivity contribution >= 4 is 22.7 Å². The molecule has 0 saturated carbocycles. The minimum Gasteiger partial charge on any atom is -0.310 e. The van der Waals surface area contributed by atoms with Crippen molar-refractivity contribution in [3.63, 3.8) is 0 Å². The third-order valence-corrected chi connectivity index (χ3v) is 4.00. The van der Waals surface area contributed by atoms with E-state index in [-0.39, 0.29) is 0 Å². The molecule has 1 atom stereocenters. The number of hydrogen-bond acceptors (Lipinski definition) is 4. The smallest absolute Gasteiger partial charge is 0.0897 e. The van der Waals surface area contributed by atoms with E-state index in [0.29, 0.717) is 6.04 Å². The highest BCUT2D eigenvalue weighted by Crippen LogP contribution is 2.21. The molecular formula is C12H16N2S2. The Balaban J connectivity index is 2.09. The minimum atomic E-state index is 0.401. The molecular weight excluding hydrogens is 236 g/mol. The monoisotopic (exact) mass is 252 g/mol. The topological polar surface area (TPSA) is 24.9 Å². The molecule has 1 N–H and O–H groups in total. The fraction of sp³-hybridized carbons (Fsp3) is 0.417. The van der Waals surface area contributed by atoms with Crippen molar-refractivity contribution in [2.24, 2.45) is 0 Å². The number of thiazole rings is 1. The van der Waals surface area contributed by atoms with Crippen molar-refractivity contribution in [3.8, 4) is 0 Å². The summed E-state index contributed by atoms with van der Waals surface area (Å²) in [6, 6.07) is 2.59. The molecule has 0 radical (unpaired) electrons. The first kappa shape index (κ1) is 11.8. The van der Waals surface area contributed by atoms with E-state index in [4.69, 9.17) is 0 Å². The Bertz CT molecular complexity index is 420. The summed E-state index contributed by atoms with van der Waals surface area (Å²) >= 11 is 3.48. The lowest BCUT2D eigenvalue weighted by atomic mass is 10.1. The zero-order valence-corrected chi connectivity index (χ0v) is 11.2. The Labute approximate surface area is 104 Å². The molecule has 0 aliphatic carbocycles. The van der Waals surface area contributed by atoms with E-state index >= 15 is 0 Å². The van der Waals surface area contributed by atoms with Crippen LogP contribution in [0.1, 0.15) is 29.2 Å². The number of rotatable bonds is 5. The van der Waals surface area contributed by atoms with Gasteiger partial charge in [0.25, 0.3) is 0 Å². The number of thiophene rings is 1. The highest BCUT2D eigenvalue weighted by molar-refractivity contribution is 7.09. The van der Waals surface area contributed by atoms with Crippen molar-refractivity contribution in [2.75, 3.05) is 6.54 Å². The molecule has 0 aliphatic heterocycles. The van der Waals surface area contributed by atoms with Gasteiger partial charge in [0, 0.05) is 17.8 Å². The van der Waals surface area contributed by atoms with Crippen LogP contribution in [0.25, 0.3) is 0 Å². The molecule has 0 saturated heterocycles. The maximum atomic E-state index is 4.52. The van der Waals surface area contributed by atoms with E-state index in [2.05, 4.69) is 46.4 Å². The number of nitrogens with zero attached hydrogens (tertiary/aromatic N) is 1. The van der Waals surface area contributed by atoms with Gasteiger partial charge in [0.2, 0.25) is 0 Å². The van der Waals surface area contributed by atoms with Crippen molar-refractivity contribution < 1.29 is 0 Å². The van der Waals surface area contributed by atoms with Crippen LogP contribution in [0.15, 0.2) is 22.2 Å². The summed E-state index contributed by atoms with van der Waals surface area (Å²) in [5.74, 6) is 0. The Morgan fingerprint density at radius 1 is 1.44 bits per heavy atom. The molecule has 2 nitrogen and oxygen atoms in total. The quantitative estimate of drug-likeness (QED) is 0.882. The first-order valence-electron chi connectivity index (χ1n) is 5.46. The Morgan fingerprint density at radius 3 is 2.88 bits per heavy atom. The molecule has 0 aromatic carbocycles. The molecule has 0 spiro atoms. The molecule has 0 aliphatic rings. The SMILES string of the molecule is CCNC(Cc1csc(C)n1)c1ccsc1. The fourth-order valence-electron chi connectivity index (χ4n) is 1.74. The molecule has 2 aromatic heterocycles. The minimum absolute atomic E-state index is 0.401. The van der Waals surface area contributed by atoms with Crippen LogP contribution in [0.3, 0.4) is 0 Å². The number of aromatic nitrogens is 1. The second kappa shape index (κ2) is 5.57. The summed E-state index contributed by atoms with van der Waals surface area (Å²) in [7, 11) is 0. The molecule has 4 heteroatoms. The summed E-state index contributed by atoms with van der Waals surface area (Å²) in [6.07, 6.45) is 0.981. The van der Waals surface area contributed by atoms with Gasteiger partial charge in [-0.3, -0.25) is 0 Å². The summed E-state index contributed by atoms with van der Waals surface area (Å²) in [4.78, 5) is 4.52. The van der Waals surface area contributed by atoms with E-state index in [1.54, 1.807) is 22.7 Å². The van der Waals surface area contributed by atoms with E-state index in [1.165, 1.54) is 11.3 Å². The zero-order chi connectivity index (χ0) is 11.4. The lowest BCUT2D eigenvalue weighted by Gasteiger charge is -2.15. The van der Waals surface area contributed by atoms with Crippen molar-refractivity contribution in [2.45, 2.75) is 26.3 Å². The van der Waals surface area contributed by atoms with Crippen LogP contribution in [-0.4, -0.2) is 11.5 Å². The molecule has 2 rings (SSSR count). The van der Waals surface area contributed by atoms with Gasteiger partial charge in [-0.25, -0.2) is 4.98 Å². The number of nitrogens with one attached hydrogen (secondary N) is 1. The largest absolute Gasteiger partial charge is 0.310 e. The van der Waals surface area contributed by atoms with Crippen LogP contribution in [-0.2, 0) is 6.42 Å². The third-order valence-electron chi connectivity index (χ3n) is 2.48. The second-order valence-electron chi connectivity index (χ2n) is 3.73. The number of hydrogen-bond donors (Lipinski definition) is 1. The van der Waals surface area contributed by atoms with Gasteiger partial charge in [-0.05, 0) is 35.9 Å². The van der Waals surface area contributed by atoms with Crippen molar-refractivity contribution in [1.29, 1.82) is 0 Å². The van der Waals surface area contributed by atoms with Gasteiger partial charge in [-0.15, -0.1) is 11.3 Å². The van der Waals surface area contributed by atoms with Crippen LogP contribution in [0.5, 0.6) is 0 Å². The summed E-state index contributed by atoms with van der Waals surface area (Å²) in [6.45, 7) is 5.19. The van der Waals surface area contributed by atoms with Crippen molar-refractivity contribution in [3.05, 3.63) is 38.5 Å². The first-order chi connectivity index (χ1) is 7.79. The van der Waals surface area contributed by atoms with Gasteiger partial charge in [0.1, 0.15) is 0 Å².